The first-order valence-electron chi connectivity index (χ1n) is 8.24. The standard InChI is InChI=1S/C17H23N3O2S/c1-18-16(21)15-11-20(13-9-5-6-10-14(13)22-15)17(23)19-12-7-3-2-4-8-12/h5-6,9-10,12,15H,2-4,7-8,11H2,1H3,(H,18,21)(H,19,23)/t15-/m0/s1. The zero-order valence-electron chi connectivity index (χ0n) is 13.4. The molecule has 1 atom stereocenters. The Morgan fingerprint density at radius 3 is 2.74 bits per heavy atom. The number of nitrogens with zero attached hydrogens (tertiary/aromatic N) is 1. The number of hydrogen-bond donors (Lipinski definition) is 2. The molecule has 1 saturated carbocycles. The van der Waals surface area contributed by atoms with Crippen molar-refractivity contribution in [3.8, 4) is 5.75 Å². The Balaban J connectivity index is 1.78. The van der Waals surface area contributed by atoms with E-state index in [1.54, 1.807) is 7.05 Å². The Morgan fingerprint density at radius 2 is 2.00 bits per heavy atom. The number of nitrogens with one attached hydrogen (secondary N) is 2. The van der Waals surface area contributed by atoms with Gasteiger partial charge in [0, 0.05) is 13.1 Å². The molecule has 124 valence electrons. The molecule has 1 fully saturated rings. The molecule has 23 heavy (non-hydrogen) atoms. The Hall–Kier alpha value is -1.82. The number of amides is 1. The van der Waals surface area contributed by atoms with Gasteiger partial charge in [0.25, 0.3) is 5.91 Å². The van der Waals surface area contributed by atoms with Gasteiger partial charge in [0.15, 0.2) is 11.2 Å². The van der Waals surface area contributed by atoms with Crippen molar-refractivity contribution in [2.24, 2.45) is 0 Å². The molecule has 0 unspecified atom stereocenters. The number of likely N-dealkylation sites (N-methyl/N-ethyl adjacent to an activating group) is 1. The quantitative estimate of drug-likeness (QED) is 0.813. The van der Waals surface area contributed by atoms with Gasteiger partial charge in [0.2, 0.25) is 0 Å². The maximum Gasteiger partial charge on any atom is 0.262 e. The van der Waals surface area contributed by atoms with Gasteiger partial charge in [-0.25, -0.2) is 0 Å². The highest BCUT2D eigenvalue weighted by Crippen LogP contribution is 2.33. The molecular weight excluding hydrogens is 310 g/mol. The van der Waals surface area contributed by atoms with Crippen LogP contribution in [0.1, 0.15) is 32.1 Å². The summed E-state index contributed by atoms with van der Waals surface area (Å²) in [6, 6.07) is 8.15. The second kappa shape index (κ2) is 7.17. The number of anilines is 1. The van der Waals surface area contributed by atoms with Crippen molar-refractivity contribution in [1.29, 1.82) is 0 Å². The van der Waals surface area contributed by atoms with E-state index in [9.17, 15) is 4.79 Å². The highest BCUT2D eigenvalue weighted by Gasteiger charge is 2.32. The van der Waals surface area contributed by atoms with Crippen molar-refractivity contribution >= 4 is 28.9 Å². The number of fused-ring (bicyclic) bond motifs is 1. The summed E-state index contributed by atoms with van der Waals surface area (Å²) >= 11 is 5.63. The van der Waals surface area contributed by atoms with Gasteiger partial charge in [-0.05, 0) is 37.2 Å². The fourth-order valence-corrected chi connectivity index (χ4v) is 3.56. The molecule has 0 bridgehead atoms. The summed E-state index contributed by atoms with van der Waals surface area (Å²) in [5.74, 6) is 0.560. The zero-order chi connectivity index (χ0) is 16.2. The zero-order valence-corrected chi connectivity index (χ0v) is 14.2. The Bertz CT molecular complexity index is 587. The Morgan fingerprint density at radius 1 is 1.26 bits per heavy atom. The lowest BCUT2D eigenvalue weighted by molar-refractivity contribution is -0.127. The van der Waals surface area contributed by atoms with Crippen LogP contribution in [0.4, 0.5) is 5.69 Å². The van der Waals surface area contributed by atoms with Crippen LogP contribution in [-0.4, -0.2) is 36.8 Å². The smallest absolute Gasteiger partial charge is 0.262 e. The van der Waals surface area contributed by atoms with Crippen molar-refractivity contribution in [2.75, 3.05) is 18.5 Å². The Labute approximate surface area is 142 Å². The van der Waals surface area contributed by atoms with Crippen LogP contribution in [-0.2, 0) is 4.79 Å². The van der Waals surface area contributed by atoms with E-state index in [0.29, 0.717) is 23.4 Å². The van der Waals surface area contributed by atoms with Gasteiger partial charge in [-0.15, -0.1) is 0 Å². The van der Waals surface area contributed by atoms with Gasteiger partial charge in [-0.2, -0.15) is 0 Å². The predicted octanol–water partition coefficient (Wildman–Crippen LogP) is 2.21. The molecule has 2 aliphatic rings. The second-order valence-electron chi connectivity index (χ2n) is 6.08. The molecule has 0 spiro atoms. The van der Waals surface area contributed by atoms with E-state index in [4.69, 9.17) is 17.0 Å². The van der Waals surface area contributed by atoms with Gasteiger partial charge in [0.1, 0.15) is 5.75 Å². The Kier molecular flexibility index (Phi) is 5.00. The van der Waals surface area contributed by atoms with Gasteiger partial charge in [-0.3, -0.25) is 4.79 Å². The largest absolute Gasteiger partial charge is 0.477 e. The third-order valence-electron chi connectivity index (χ3n) is 4.49. The molecule has 0 aromatic heterocycles. The highest BCUT2D eigenvalue weighted by molar-refractivity contribution is 7.80. The molecule has 1 aliphatic heterocycles. The first-order chi connectivity index (χ1) is 11.2. The lowest BCUT2D eigenvalue weighted by Crippen LogP contribution is -2.54. The van der Waals surface area contributed by atoms with Crippen LogP contribution >= 0.6 is 12.2 Å². The number of carbonyl (C=O) groups excluding carboxylic acids is 1. The van der Waals surface area contributed by atoms with E-state index < -0.39 is 6.10 Å². The van der Waals surface area contributed by atoms with Crippen molar-refractivity contribution < 1.29 is 9.53 Å². The number of rotatable bonds is 2. The van der Waals surface area contributed by atoms with Crippen molar-refractivity contribution in [2.45, 2.75) is 44.2 Å². The van der Waals surface area contributed by atoms with Crippen LogP contribution < -0.4 is 20.3 Å². The van der Waals surface area contributed by atoms with Crippen LogP contribution in [0.25, 0.3) is 0 Å². The molecule has 1 aliphatic carbocycles. The monoisotopic (exact) mass is 333 g/mol. The van der Waals surface area contributed by atoms with E-state index in [0.717, 1.165) is 18.5 Å². The van der Waals surface area contributed by atoms with Gasteiger partial charge < -0.3 is 20.3 Å². The minimum atomic E-state index is -0.555. The van der Waals surface area contributed by atoms with E-state index in [1.165, 1.54) is 19.3 Å². The maximum absolute atomic E-state index is 12.0. The summed E-state index contributed by atoms with van der Waals surface area (Å²) in [7, 11) is 1.62. The molecule has 1 aromatic rings. The topological polar surface area (TPSA) is 53.6 Å². The fraction of sp³-hybridized carbons (Fsp3) is 0.529. The molecule has 0 saturated heterocycles. The van der Waals surface area contributed by atoms with Crippen molar-refractivity contribution in [3.05, 3.63) is 24.3 Å². The maximum atomic E-state index is 12.0. The first-order valence-corrected chi connectivity index (χ1v) is 8.65. The molecular formula is C17H23N3O2S. The minimum absolute atomic E-state index is 0.134. The summed E-state index contributed by atoms with van der Waals surface area (Å²) in [6.45, 7) is 0.426. The number of para-hydroxylation sites is 2. The van der Waals surface area contributed by atoms with Crippen molar-refractivity contribution in [3.63, 3.8) is 0 Å². The normalized spacial score (nSPS) is 21.1. The number of benzene rings is 1. The molecule has 2 N–H and O–H groups in total. The molecule has 1 amide bonds. The van der Waals surface area contributed by atoms with Gasteiger partial charge in [-0.1, -0.05) is 31.4 Å². The molecule has 1 aromatic carbocycles. The molecule has 0 radical (unpaired) electrons. The summed E-state index contributed by atoms with van der Waals surface area (Å²) in [5, 5.41) is 6.81. The number of carbonyl (C=O) groups is 1. The number of ether oxygens (including phenoxy) is 1. The third-order valence-corrected chi connectivity index (χ3v) is 4.83. The first kappa shape index (κ1) is 16.1. The number of thiocarbonyl (C=S) groups is 1. The highest BCUT2D eigenvalue weighted by atomic mass is 32.1. The fourth-order valence-electron chi connectivity index (χ4n) is 3.22. The van der Waals surface area contributed by atoms with E-state index in [1.807, 2.05) is 29.2 Å². The predicted molar refractivity (Wildman–Crippen MR) is 94.9 cm³/mol. The summed E-state index contributed by atoms with van der Waals surface area (Å²) < 4.78 is 5.81. The number of hydrogen-bond acceptors (Lipinski definition) is 3. The van der Waals surface area contributed by atoms with E-state index >= 15 is 0 Å². The minimum Gasteiger partial charge on any atom is -0.477 e. The van der Waals surface area contributed by atoms with Crippen LogP contribution in [0.5, 0.6) is 5.75 Å². The summed E-state index contributed by atoms with van der Waals surface area (Å²) in [4.78, 5) is 14.0. The van der Waals surface area contributed by atoms with Crippen LogP contribution in [0, 0.1) is 0 Å². The summed E-state index contributed by atoms with van der Waals surface area (Å²) in [5.41, 5.74) is 0.918. The third kappa shape index (κ3) is 3.58. The van der Waals surface area contributed by atoms with Crippen LogP contribution in [0.3, 0.4) is 0 Å². The van der Waals surface area contributed by atoms with Crippen molar-refractivity contribution in [1.82, 2.24) is 10.6 Å². The SMILES string of the molecule is CNC(=O)[C@@H]1CN(C(=S)NC2CCCCC2)c2ccccc2O1. The molecule has 3 rings (SSSR count). The van der Waals surface area contributed by atoms with E-state index in [2.05, 4.69) is 10.6 Å². The lowest BCUT2D eigenvalue weighted by Gasteiger charge is -2.37. The molecule has 6 heteroatoms. The average molecular weight is 333 g/mol. The lowest BCUT2D eigenvalue weighted by atomic mass is 9.96. The average Bonchev–Trinajstić information content (AvgIpc) is 2.60. The van der Waals surface area contributed by atoms with Crippen LogP contribution in [0.2, 0.25) is 0 Å². The molecule has 5 nitrogen and oxygen atoms in total. The van der Waals surface area contributed by atoms with Crippen LogP contribution in [0.15, 0.2) is 24.3 Å². The van der Waals surface area contributed by atoms with Gasteiger partial charge in [0.05, 0.1) is 12.2 Å². The van der Waals surface area contributed by atoms with Gasteiger partial charge >= 0.3 is 0 Å². The van der Waals surface area contributed by atoms with E-state index in [-0.39, 0.29) is 5.91 Å². The second-order valence-corrected chi connectivity index (χ2v) is 6.47. The summed E-state index contributed by atoms with van der Waals surface area (Å²) in [6.07, 6.45) is 5.57. The molecule has 1 heterocycles.